The summed E-state index contributed by atoms with van der Waals surface area (Å²) < 4.78 is 0. The van der Waals surface area contributed by atoms with Crippen molar-refractivity contribution < 1.29 is 29.7 Å². The molecule has 2 atom stereocenters. The van der Waals surface area contributed by atoms with Crippen molar-refractivity contribution in [2.24, 2.45) is 0 Å². The smallest absolute Gasteiger partial charge is 0.327 e. The second-order valence-corrected chi connectivity index (χ2v) is 7.19. The highest BCUT2D eigenvalue weighted by Crippen LogP contribution is 2.45. The first kappa shape index (κ1) is 18.8. The zero-order valence-corrected chi connectivity index (χ0v) is 14.9. The van der Waals surface area contributed by atoms with Gasteiger partial charge in [-0.05, 0) is 23.8 Å². The van der Waals surface area contributed by atoms with Crippen LogP contribution < -0.4 is 0 Å². The van der Waals surface area contributed by atoms with E-state index >= 15 is 0 Å². The van der Waals surface area contributed by atoms with Gasteiger partial charge in [0, 0.05) is 16.9 Å². The molecular weight excluding hydrogens is 370 g/mol. The predicted molar refractivity (Wildman–Crippen MR) is 98.7 cm³/mol. The van der Waals surface area contributed by atoms with E-state index in [1.807, 2.05) is 0 Å². The molecule has 0 aromatic heterocycles. The molecule has 1 aliphatic heterocycles. The number of carboxylic acids is 2. The van der Waals surface area contributed by atoms with Crippen LogP contribution in [0.15, 0.2) is 48.5 Å². The van der Waals surface area contributed by atoms with Crippen LogP contribution in [0.5, 0.6) is 5.75 Å². The maximum atomic E-state index is 13.0. The van der Waals surface area contributed by atoms with Crippen molar-refractivity contribution in [1.82, 2.24) is 4.90 Å². The summed E-state index contributed by atoms with van der Waals surface area (Å²) in [6.45, 7) is 0. The van der Waals surface area contributed by atoms with E-state index in [2.05, 4.69) is 0 Å². The van der Waals surface area contributed by atoms with Gasteiger partial charge in [0.25, 0.3) is 5.91 Å². The van der Waals surface area contributed by atoms with E-state index in [-0.39, 0.29) is 23.5 Å². The van der Waals surface area contributed by atoms with Gasteiger partial charge in [-0.2, -0.15) is 0 Å². The molecular formula is C19H17NO6S. The first-order valence-electron chi connectivity index (χ1n) is 8.14. The minimum Gasteiger partial charge on any atom is -0.508 e. The molecule has 0 saturated carbocycles. The van der Waals surface area contributed by atoms with E-state index in [0.29, 0.717) is 11.1 Å². The number of thioether (sulfide) groups is 1. The van der Waals surface area contributed by atoms with Crippen molar-refractivity contribution in [1.29, 1.82) is 0 Å². The van der Waals surface area contributed by atoms with Gasteiger partial charge in [-0.15, -0.1) is 11.8 Å². The zero-order valence-electron chi connectivity index (χ0n) is 14.1. The standard InChI is InChI=1S/C19H17NO6S/c21-15-4-2-1-3-13(15)18-20(14(10-27-18)19(25)26)17(24)12-7-5-11(6-8-12)9-16(22)23/h1-8,14,18,21H,9-10H2,(H,22,23)(H,25,26)/t14-,18?/m0/s1. The van der Waals surface area contributed by atoms with E-state index in [9.17, 15) is 24.6 Å². The summed E-state index contributed by atoms with van der Waals surface area (Å²) in [5.74, 6) is -2.37. The Hall–Kier alpha value is -3.00. The maximum absolute atomic E-state index is 13.0. The number of rotatable bonds is 5. The third-order valence-electron chi connectivity index (χ3n) is 4.28. The van der Waals surface area contributed by atoms with Crippen LogP contribution in [0, 0.1) is 0 Å². The topological polar surface area (TPSA) is 115 Å². The number of amides is 1. The molecule has 140 valence electrons. The molecule has 1 aliphatic rings. The number of para-hydroxylation sites is 1. The van der Waals surface area contributed by atoms with E-state index in [0.717, 1.165) is 0 Å². The first-order valence-corrected chi connectivity index (χ1v) is 9.19. The molecule has 0 bridgehead atoms. The molecule has 0 aliphatic carbocycles. The Morgan fingerprint density at radius 1 is 1.04 bits per heavy atom. The summed E-state index contributed by atoms with van der Waals surface area (Å²) in [6.07, 6.45) is -0.160. The summed E-state index contributed by atoms with van der Waals surface area (Å²) in [6, 6.07) is 11.6. The minimum absolute atomic E-state index is 0.00403. The van der Waals surface area contributed by atoms with Gasteiger partial charge >= 0.3 is 11.9 Å². The third-order valence-corrected chi connectivity index (χ3v) is 5.58. The Kier molecular flexibility index (Phi) is 5.36. The lowest BCUT2D eigenvalue weighted by Gasteiger charge is -2.28. The molecule has 0 radical (unpaired) electrons. The highest BCUT2D eigenvalue weighted by Gasteiger charge is 2.43. The number of carbonyl (C=O) groups excluding carboxylic acids is 1. The van der Waals surface area contributed by atoms with E-state index in [1.165, 1.54) is 47.0 Å². The van der Waals surface area contributed by atoms with Crippen molar-refractivity contribution >= 4 is 29.6 Å². The average Bonchev–Trinajstić information content (AvgIpc) is 3.06. The van der Waals surface area contributed by atoms with Gasteiger partial charge in [-0.25, -0.2) is 4.79 Å². The van der Waals surface area contributed by atoms with Gasteiger partial charge in [-0.1, -0.05) is 30.3 Å². The van der Waals surface area contributed by atoms with E-state index in [1.54, 1.807) is 18.2 Å². The largest absolute Gasteiger partial charge is 0.508 e. The molecule has 1 saturated heterocycles. The lowest BCUT2D eigenvalue weighted by Crippen LogP contribution is -2.43. The normalized spacial score (nSPS) is 19.0. The fourth-order valence-electron chi connectivity index (χ4n) is 2.97. The molecule has 2 aromatic rings. The monoisotopic (exact) mass is 387 g/mol. The molecule has 3 rings (SSSR count). The van der Waals surface area contributed by atoms with Gasteiger partial charge in [0.1, 0.15) is 17.2 Å². The van der Waals surface area contributed by atoms with Crippen LogP contribution in [0.3, 0.4) is 0 Å². The summed E-state index contributed by atoms with van der Waals surface area (Å²) >= 11 is 1.28. The van der Waals surface area contributed by atoms with Gasteiger partial charge in [0.15, 0.2) is 0 Å². The second-order valence-electron chi connectivity index (χ2n) is 6.08. The van der Waals surface area contributed by atoms with Gasteiger partial charge in [-0.3, -0.25) is 9.59 Å². The predicted octanol–water partition coefficient (Wildman–Crippen LogP) is 2.36. The van der Waals surface area contributed by atoms with Crippen molar-refractivity contribution in [3.63, 3.8) is 0 Å². The molecule has 8 heteroatoms. The van der Waals surface area contributed by atoms with Crippen LogP contribution in [0.25, 0.3) is 0 Å². The van der Waals surface area contributed by atoms with Crippen LogP contribution in [0.1, 0.15) is 26.9 Å². The number of aromatic hydroxyl groups is 1. The number of carboxylic acid groups (broad SMARTS) is 2. The highest BCUT2D eigenvalue weighted by molar-refractivity contribution is 7.99. The summed E-state index contributed by atoms with van der Waals surface area (Å²) in [4.78, 5) is 36.7. The van der Waals surface area contributed by atoms with Crippen LogP contribution in [0.4, 0.5) is 0 Å². The van der Waals surface area contributed by atoms with Crippen LogP contribution >= 0.6 is 11.8 Å². The number of hydrogen-bond acceptors (Lipinski definition) is 5. The second kappa shape index (κ2) is 7.71. The summed E-state index contributed by atoms with van der Waals surface area (Å²) in [5, 5.41) is 27.9. The summed E-state index contributed by atoms with van der Waals surface area (Å²) in [7, 11) is 0. The number of benzene rings is 2. The Morgan fingerprint density at radius 3 is 2.30 bits per heavy atom. The van der Waals surface area contributed by atoms with Gasteiger partial charge < -0.3 is 20.2 Å². The fourth-order valence-corrected chi connectivity index (χ4v) is 4.42. The number of nitrogens with zero attached hydrogens (tertiary/aromatic N) is 1. The average molecular weight is 387 g/mol. The Balaban J connectivity index is 1.93. The number of hydrogen-bond donors (Lipinski definition) is 3. The maximum Gasteiger partial charge on any atom is 0.327 e. The van der Waals surface area contributed by atoms with Crippen molar-refractivity contribution in [3.05, 3.63) is 65.2 Å². The van der Waals surface area contributed by atoms with Crippen molar-refractivity contribution in [2.45, 2.75) is 17.8 Å². The number of phenols is 1. The first-order chi connectivity index (χ1) is 12.9. The molecule has 1 amide bonds. The minimum atomic E-state index is -1.11. The van der Waals surface area contributed by atoms with Crippen molar-refractivity contribution in [2.75, 3.05) is 5.75 Å². The fraction of sp³-hybridized carbons (Fsp3) is 0.211. The molecule has 1 heterocycles. The highest BCUT2D eigenvalue weighted by atomic mass is 32.2. The Labute approximate surface area is 159 Å². The molecule has 1 unspecified atom stereocenters. The zero-order chi connectivity index (χ0) is 19.6. The van der Waals surface area contributed by atoms with E-state index in [4.69, 9.17) is 5.11 Å². The van der Waals surface area contributed by atoms with E-state index < -0.39 is 29.3 Å². The Morgan fingerprint density at radius 2 is 1.70 bits per heavy atom. The van der Waals surface area contributed by atoms with Crippen LogP contribution in [-0.2, 0) is 16.0 Å². The number of carbonyl (C=O) groups is 3. The molecule has 27 heavy (non-hydrogen) atoms. The quantitative estimate of drug-likeness (QED) is 0.721. The molecule has 1 fully saturated rings. The van der Waals surface area contributed by atoms with Crippen molar-refractivity contribution in [3.8, 4) is 5.75 Å². The summed E-state index contributed by atoms with van der Waals surface area (Å²) in [5.41, 5.74) is 1.28. The van der Waals surface area contributed by atoms with Crippen LogP contribution in [0.2, 0.25) is 0 Å². The van der Waals surface area contributed by atoms with Gasteiger partial charge in [0.2, 0.25) is 0 Å². The molecule has 2 aromatic carbocycles. The van der Waals surface area contributed by atoms with Gasteiger partial charge in [0.05, 0.1) is 6.42 Å². The molecule has 7 nitrogen and oxygen atoms in total. The molecule has 0 spiro atoms. The number of aliphatic carboxylic acids is 2. The Bertz CT molecular complexity index is 882. The SMILES string of the molecule is O=C(O)Cc1ccc(C(=O)N2C(c3ccccc3O)SC[C@H]2C(=O)O)cc1. The lowest BCUT2D eigenvalue weighted by molar-refractivity contribution is -0.141. The third kappa shape index (κ3) is 3.90. The molecule has 3 N–H and O–H groups in total. The van der Waals surface area contributed by atoms with Crippen LogP contribution in [-0.4, -0.2) is 49.9 Å². The lowest BCUT2D eigenvalue weighted by atomic mass is 10.1. The number of phenolic OH excluding ortho intramolecular Hbond substituents is 1.